The molecule has 0 fully saturated rings. The number of aromatic nitrogens is 2. The second kappa shape index (κ2) is 11.6. The molecule has 0 aliphatic carbocycles. The van der Waals surface area contributed by atoms with E-state index in [1.165, 1.54) is 5.56 Å². The molecule has 1 aromatic heterocycles. The fourth-order valence-corrected chi connectivity index (χ4v) is 4.48. The highest BCUT2D eigenvalue weighted by atomic mass is 16.5. The standard InChI is InChI=1S/C30H30N4O3/c35-29(7-3-18-37-26-13-14-28-24(19-26)12-15-30(36)33-28)31-20-25-5-1-2-6-27(25)23-10-8-22(9-11-23)21-34-17-4-16-32-34/h1-2,4-6,8-11,13-14,16-17,19H,3,7,12,15,18,20-21H2,(H,31,35)(H,33,36). The number of ether oxygens (including phenoxy) is 1. The molecule has 0 saturated carbocycles. The average Bonchev–Trinajstić information content (AvgIpc) is 3.44. The van der Waals surface area contributed by atoms with Crippen LogP contribution < -0.4 is 15.4 Å². The number of hydrogen-bond donors (Lipinski definition) is 2. The van der Waals surface area contributed by atoms with Crippen molar-refractivity contribution in [2.45, 2.75) is 38.8 Å². The Morgan fingerprint density at radius 1 is 1.03 bits per heavy atom. The first-order valence-corrected chi connectivity index (χ1v) is 12.6. The zero-order valence-electron chi connectivity index (χ0n) is 20.7. The fourth-order valence-electron chi connectivity index (χ4n) is 4.48. The summed E-state index contributed by atoms with van der Waals surface area (Å²) in [6, 6.07) is 24.2. The minimum absolute atomic E-state index is 0.00104. The number of anilines is 1. The zero-order valence-corrected chi connectivity index (χ0v) is 20.7. The van der Waals surface area contributed by atoms with Gasteiger partial charge in [0.25, 0.3) is 0 Å². The van der Waals surface area contributed by atoms with E-state index in [-0.39, 0.29) is 11.8 Å². The number of fused-ring (bicyclic) bond motifs is 1. The molecule has 0 saturated heterocycles. The number of benzene rings is 3. The Balaban J connectivity index is 1.09. The maximum atomic E-state index is 12.5. The number of hydrogen-bond acceptors (Lipinski definition) is 4. The lowest BCUT2D eigenvalue weighted by atomic mass is 9.98. The number of rotatable bonds is 10. The normalized spacial score (nSPS) is 12.5. The van der Waals surface area contributed by atoms with Gasteiger partial charge < -0.3 is 15.4 Å². The lowest BCUT2D eigenvalue weighted by Crippen LogP contribution is -2.23. The van der Waals surface area contributed by atoms with Crippen LogP contribution in [-0.2, 0) is 29.1 Å². The Bertz CT molecular complexity index is 1360. The van der Waals surface area contributed by atoms with Gasteiger partial charge in [-0.1, -0.05) is 48.5 Å². The van der Waals surface area contributed by atoms with Crippen LogP contribution >= 0.6 is 0 Å². The first-order chi connectivity index (χ1) is 18.1. The van der Waals surface area contributed by atoms with Crippen LogP contribution in [0, 0.1) is 0 Å². The molecule has 0 bridgehead atoms. The van der Waals surface area contributed by atoms with E-state index >= 15 is 0 Å². The molecule has 0 radical (unpaired) electrons. The van der Waals surface area contributed by atoms with Crippen molar-refractivity contribution in [2.24, 2.45) is 0 Å². The second-order valence-corrected chi connectivity index (χ2v) is 9.15. The van der Waals surface area contributed by atoms with Crippen LogP contribution in [0.4, 0.5) is 5.69 Å². The summed E-state index contributed by atoms with van der Waals surface area (Å²) in [6.07, 6.45) is 5.97. The lowest BCUT2D eigenvalue weighted by Gasteiger charge is -2.17. The summed E-state index contributed by atoms with van der Waals surface area (Å²) in [4.78, 5) is 24.0. The third-order valence-corrected chi connectivity index (χ3v) is 6.45. The number of amides is 2. The van der Waals surface area contributed by atoms with Crippen molar-refractivity contribution in [2.75, 3.05) is 11.9 Å². The first kappa shape index (κ1) is 24.3. The van der Waals surface area contributed by atoms with Crippen LogP contribution in [0.1, 0.15) is 36.0 Å². The first-order valence-electron chi connectivity index (χ1n) is 12.6. The average molecular weight is 495 g/mol. The van der Waals surface area contributed by atoms with Crippen LogP contribution in [0.2, 0.25) is 0 Å². The zero-order chi connectivity index (χ0) is 25.5. The minimum atomic E-state index is 0.00104. The van der Waals surface area contributed by atoms with Gasteiger partial charge in [-0.2, -0.15) is 5.10 Å². The van der Waals surface area contributed by atoms with E-state index in [0.717, 1.165) is 46.7 Å². The van der Waals surface area contributed by atoms with Gasteiger partial charge >= 0.3 is 0 Å². The summed E-state index contributed by atoms with van der Waals surface area (Å²) >= 11 is 0. The summed E-state index contributed by atoms with van der Waals surface area (Å²) in [6.45, 7) is 1.67. The Hall–Kier alpha value is -4.39. The van der Waals surface area contributed by atoms with Crippen LogP contribution in [0.5, 0.6) is 5.75 Å². The predicted molar refractivity (Wildman–Crippen MR) is 143 cm³/mol. The Kier molecular flexibility index (Phi) is 7.60. The van der Waals surface area contributed by atoms with E-state index in [2.05, 4.69) is 52.1 Å². The Morgan fingerprint density at radius 2 is 1.89 bits per heavy atom. The van der Waals surface area contributed by atoms with Crippen molar-refractivity contribution in [1.82, 2.24) is 15.1 Å². The maximum Gasteiger partial charge on any atom is 0.224 e. The third-order valence-electron chi connectivity index (χ3n) is 6.45. The Labute approximate surface area is 216 Å². The van der Waals surface area contributed by atoms with E-state index in [1.807, 2.05) is 47.3 Å². The highest BCUT2D eigenvalue weighted by molar-refractivity contribution is 5.94. The van der Waals surface area contributed by atoms with Gasteiger partial charge in [0.2, 0.25) is 11.8 Å². The Morgan fingerprint density at radius 3 is 2.73 bits per heavy atom. The van der Waals surface area contributed by atoms with Crippen LogP contribution in [-0.4, -0.2) is 28.2 Å². The number of carbonyl (C=O) groups is 2. The molecule has 3 aromatic carbocycles. The molecule has 5 rings (SSSR count). The molecule has 4 aromatic rings. The van der Waals surface area contributed by atoms with Gasteiger partial charge in [0.1, 0.15) is 5.75 Å². The molecule has 0 unspecified atom stereocenters. The van der Waals surface area contributed by atoms with Gasteiger partial charge in [-0.3, -0.25) is 14.3 Å². The van der Waals surface area contributed by atoms with Gasteiger partial charge in [0, 0.05) is 37.5 Å². The highest BCUT2D eigenvalue weighted by Gasteiger charge is 2.15. The summed E-state index contributed by atoms with van der Waals surface area (Å²) in [5.41, 5.74) is 6.43. The van der Waals surface area contributed by atoms with Crippen LogP contribution in [0.15, 0.2) is 85.2 Å². The quantitative estimate of drug-likeness (QED) is 0.305. The lowest BCUT2D eigenvalue weighted by molar-refractivity contribution is -0.121. The highest BCUT2D eigenvalue weighted by Crippen LogP contribution is 2.27. The van der Waals surface area contributed by atoms with Gasteiger partial charge in [-0.15, -0.1) is 0 Å². The monoisotopic (exact) mass is 494 g/mol. The molecule has 1 aliphatic heterocycles. The van der Waals surface area contributed by atoms with Gasteiger partial charge in [0.05, 0.1) is 13.2 Å². The fraction of sp³-hybridized carbons (Fsp3) is 0.233. The molecule has 0 atom stereocenters. The smallest absolute Gasteiger partial charge is 0.224 e. The van der Waals surface area contributed by atoms with Crippen LogP contribution in [0.25, 0.3) is 11.1 Å². The van der Waals surface area contributed by atoms with Gasteiger partial charge in [-0.25, -0.2) is 0 Å². The van der Waals surface area contributed by atoms with Crippen molar-refractivity contribution in [3.05, 3.63) is 102 Å². The molecule has 2 heterocycles. The van der Waals surface area contributed by atoms with Crippen molar-refractivity contribution in [3.63, 3.8) is 0 Å². The summed E-state index contributed by atoms with van der Waals surface area (Å²) in [5.74, 6) is 0.815. The van der Waals surface area contributed by atoms with Crippen molar-refractivity contribution < 1.29 is 14.3 Å². The number of carbonyl (C=O) groups excluding carboxylic acids is 2. The largest absolute Gasteiger partial charge is 0.494 e. The number of aryl methyl sites for hydroxylation is 1. The molecule has 1 aliphatic rings. The molecule has 188 valence electrons. The topological polar surface area (TPSA) is 85.3 Å². The molecular formula is C30H30N4O3. The van der Waals surface area contributed by atoms with E-state index in [1.54, 1.807) is 6.20 Å². The SMILES string of the molecule is O=C(CCCOc1ccc2c(c1)CCC(=O)N2)NCc1ccccc1-c1ccc(Cn2cccn2)cc1. The number of nitrogens with one attached hydrogen (secondary N) is 2. The van der Waals surface area contributed by atoms with Crippen molar-refractivity contribution in [3.8, 4) is 16.9 Å². The summed E-state index contributed by atoms with van der Waals surface area (Å²) in [7, 11) is 0. The van der Waals surface area contributed by atoms with Gasteiger partial charge in [0.15, 0.2) is 0 Å². The molecule has 0 spiro atoms. The molecule has 2 N–H and O–H groups in total. The third kappa shape index (κ3) is 6.44. The number of nitrogens with zero attached hydrogens (tertiary/aromatic N) is 2. The molecule has 37 heavy (non-hydrogen) atoms. The van der Waals surface area contributed by atoms with E-state index in [0.29, 0.717) is 32.4 Å². The molecule has 7 heteroatoms. The minimum Gasteiger partial charge on any atom is -0.494 e. The second-order valence-electron chi connectivity index (χ2n) is 9.15. The predicted octanol–water partition coefficient (Wildman–Crippen LogP) is 4.96. The van der Waals surface area contributed by atoms with E-state index in [9.17, 15) is 9.59 Å². The van der Waals surface area contributed by atoms with Crippen molar-refractivity contribution in [1.29, 1.82) is 0 Å². The molecule has 2 amide bonds. The van der Waals surface area contributed by atoms with Crippen LogP contribution in [0.3, 0.4) is 0 Å². The van der Waals surface area contributed by atoms with Gasteiger partial charge in [-0.05, 0) is 64.9 Å². The molecule has 7 nitrogen and oxygen atoms in total. The van der Waals surface area contributed by atoms with E-state index in [4.69, 9.17) is 4.74 Å². The van der Waals surface area contributed by atoms with E-state index < -0.39 is 0 Å². The maximum absolute atomic E-state index is 12.5. The molecular weight excluding hydrogens is 464 g/mol. The summed E-state index contributed by atoms with van der Waals surface area (Å²) in [5, 5.41) is 10.2. The van der Waals surface area contributed by atoms with Crippen molar-refractivity contribution >= 4 is 17.5 Å². The summed E-state index contributed by atoms with van der Waals surface area (Å²) < 4.78 is 7.73.